The fraction of sp³-hybridized carbons (Fsp3) is 0.100. The lowest BCUT2D eigenvalue weighted by Crippen LogP contribution is -2.51. The fourth-order valence-corrected chi connectivity index (χ4v) is 2.90. The number of carbonyl (C=O) groups is 4. The predicted octanol–water partition coefficient (Wildman–Crippen LogP) is 3.07. The number of aryl methyl sites for hydroxylation is 1. The highest BCUT2D eigenvalue weighted by Gasteiger charge is 2.28. The van der Waals surface area contributed by atoms with Crippen molar-refractivity contribution in [3.8, 4) is 5.75 Å². The van der Waals surface area contributed by atoms with Crippen LogP contribution in [0, 0.1) is 6.92 Å². The van der Waals surface area contributed by atoms with Crippen LogP contribution in [-0.4, -0.2) is 30.4 Å². The lowest BCUT2D eigenvalue weighted by Gasteiger charge is -2.15. The second-order valence-corrected chi connectivity index (χ2v) is 7.12. The van der Waals surface area contributed by atoms with E-state index in [0.29, 0.717) is 15.7 Å². The molecule has 1 aliphatic heterocycles. The molecule has 0 bridgehead atoms. The maximum absolute atomic E-state index is 12.2. The highest BCUT2D eigenvalue weighted by atomic mass is 35.5. The first-order chi connectivity index (χ1) is 14.2. The van der Waals surface area contributed by atoms with Crippen molar-refractivity contribution in [2.45, 2.75) is 6.92 Å². The van der Waals surface area contributed by atoms with Crippen LogP contribution < -0.4 is 20.7 Å². The topological polar surface area (TPSA) is 114 Å². The van der Waals surface area contributed by atoms with Crippen LogP contribution in [0.1, 0.15) is 11.1 Å². The number of anilines is 1. The zero-order valence-electron chi connectivity index (χ0n) is 15.5. The van der Waals surface area contributed by atoms with Crippen molar-refractivity contribution in [2.75, 3.05) is 11.9 Å². The molecular formula is C20H15Cl2N3O5. The third-order valence-electron chi connectivity index (χ3n) is 4.03. The van der Waals surface area contributed by atoms with Crippen LogP contribution in [-0.2, 0) is 14.4 Å². The standard InChI is InChI=1S/C20H15Cl2N3O5/c1-10-2-4-13(8-15(10)22)23-17(26)9-30-16-5-3-12(21)6-11(16)7-14-18(27)24-20(29)25-19(14)28/h2-8H,9H2,1H3,(H,23,26)(H2,24,25,27,28,29). The van der Waals surface area contributed by atoms with Gasteiger partial charge in [-0.1, -0.05) is 29.3 Å². The van der Waals surface area contributed by atoms with Gasteiger partial charge in [0.25, 0.3) is 17.7 Å². The minimum atomic E-state index is -0.905. The van der Waals surface area contributed by atoms with Gasteiger partial charge in [-0.15, -0.1) is 0 Å². The van der Waals surface area contributed by atoms with Gasteiger partial charge in [-0.05, 0) is 48.9 Å². The fourth-order valence-electron chi connectivity index (χ4n) is 2.54. The third-order valence-corrected chi connectivity index (χ3v) is 4.67. The van der Waals surface area contributed by atoms with Gasteiger partial charge in [0.2, 0.25) is 0 Å². The molecule has 0 spiro atoms. The summed E-state index contributed by atoms with van der Waals surface area (Å²) in [5.41, 5.74) is 1.36. The van der Waals surface area contributed by atoms with Crippen LogP contribution in [0.3, 0.4) is 0 Å². The summed E-state index contributed by atoms with van der Waals surface area (Å²) in [6.45, 7) is 1.50. The Balaban J connectivity index is 1.75. The van der Waals surface area contributed by atoms with Crippen molar-refractivity contribution in [3.05, 3.63) is 63.1 Å². The van der Waals surface area contributed by atoms with E-state index in [0.717, 1.165) is 5.56 Å². The van der Waals surface area contributed by atoms with Crippen molar-refractivity contribution < 1.29 is 23.9 Å². The van der Waals surface area contributed by atoms with E-state index in [9.17, 15) is 19.2 Å². The van der Waals surface area contributed by atoms with Crippen LogP contribution >= 0.6 is 23.2 Å². The summed E-state index contributed by atoms with van der Waals surface area (Å²) in [5, 5.41) is 7.44. The monoisotopic (exact) mass is 447 g/mol. The van der Waals surface area contributed by atoms with Gasteiger partial charge in [0, 0.05) is 21.3 Å². The summed E-state index contributed by atoms with van der Waals surface area (Å²) in [5.74, 6) is -1.95. The number of rotatable bonds is 5. The van der Waals surface area contributed by atoms with Gasteiger partial charge >= 0.3 is 6.03 Å². The molecule has 1 fully saturated rings. The smallest absolute Gasteiger partial charge is 0.328 e. The third kappa shape index (κ3) is 5.16. The maximum atomic E-state index is 12.2. The van der Waals surface area contributed by atoms with E-state index in [1.54, 1.807) is 18.2 Å². The summed E-state index contributed by atoms with van der Waals surface area (Å²) in [6, 6.07) is 8.67. The van der Waals surface area contributed by atoms with Crippen molar-refractivity contribution in [3.63, 3.8) is 0 Å². The van der Waals surface area contributed by atoms with Gasteiger partial charge in [-0.25, -0.2) is 4.79 Å². The van der Waals surface area contributed by atoms with Crippen molar-refractivity contribution in [2.24, 2.45) is 0 Å². The number of amides is 5. The molecule has 0 aliphatic carbocycles. The number of hydrogen-bond donors (Lipinski definition) is 3. The summed E-state index contributed by atoms with van der Waals surface area (Å²) in [4.78, 5) is 47.2. The number of nitrogens with one attached hydrogen (secondary N) is 3. The Kier molecular flexibility index (Phi) is 6.39. The van der Waals surface area contributed by atoms with Gasteiger partial charge in [0.15, 0.2) is 6.61 Å². The average molecular weight is 448 g/mol. The van der Waals surface area contributed by atoms with E-state index in [-0.39, 0.29) is 23.5 Å². The number of hydrogen-bond acceptors (Lipinski definition) is 5. The first kappa shape index (κ1) is 21.4. The molecule has 0 radical (unpaired) electrons. The molecule has 2 aromatic carbocycles. The Morgan fingerprint density at radius 2 is 1.77 bits per heavy atom. The molecular weight excluding hydrogens is 433 g/mol. The van der Waals surface area contributed by atoms with E-state index >= 15 is 0 Å². The second-order valence-electron chi connectivity index (χ2n) is 6.28. The molecule has 1 aliphatic rings. The quantitative estimate of drug-likeness (QED) is 0.481. The Labute approximate surface area is 181 Å². The first-order valence-electron chi connectivity index (χ1n) is 8.59. The lowest BCUT2D eigenvalue weighted by molar-refractivity contribution is -0.124. The highest BCUT2D eigenvalue weighted by Crippen LogP contribution is 2.26. The van der Waals surface area contributed by atoms with Gasteiger partial charge in [-0.3, -0.25) is 25.0 Å². The van der Waals surface area contributed by atoms with E-state index < -0.39 is 23.8 Å². The Morgan fingerprint density at radius 1 is 1.07 bits per heavy atom. The summed E-state index contributed by atoms with van der Waals surface area (Å²) >= 11 is 12.0. The van der Waals surface area contributed by atoms with Crippen LogP contribution in [0.25, 0.3) is 6.08 Å². The van der Waals surface area contributed by atoms with Crippen LogP contribution in [0.2, 0.25) is 10.0 Å². The predicted molar refractivity (Wildman–Crippen MR) is 111 cm³/mol. The highest BCUT2D eigenvalue weighted by molar-refractivity contribution is 6.32. The van der Waals surface area contributed by atoms with Crippen LogP contribution in [0.5, 0.6) is 5.75 Å². The number of barbiturate groups is 1. The number of carbonyl (C=O) groups excluding carboxylic acids is 4. The lowest BCUT2D eigenvalue weighted by atomic mass is 10.1. The summed E-state index contributed by atoms with van der Waals surface area (Å²) in [7, 11) is 0. The Hall–Kier alpha value is -3.36. The largest absolute Gasteiger partial charge is 0.483 e. The first-order valence-corrected chi connectivity index (χ1v) is 9.35. The molecule has 0 unspecified atom stereocenters. The minimum Gasteiger partial charge on any atom is -0.483 e. The number of benzene rings is 2. The van der Waals surface area contributed by atoms with Crippen molar-refractivity contribution >= 4 is 58.7 Å². The van der Waals surface area contributed by atoms with Crippen LogP contribution in [0.15, 0.2) is 42.0 Å². The van der Waals surface area contributed by atoms with Crippen molar-refractivity contribution in [1.82, 2.24) is 10.6 Å². The SMILES string of the molecule is Cc1ccc(NC(=O)COc2ccc(Cl)cc2C=C2C(=O)NC(=O)NC2=O)cc1Cl. The molecule has 3 N–H and O–H groups in total. The van der Waals surface area contributed by atoms with E-state index in [4.69, 9.17) is 27.9 Å². The van der Waals surface area contributed by atoms with Crippen LogP contribution in [0.4, 0.5) is 10.5 Å². The normalized spacial score (nSPS) is 13.4. The number of halogens is 2. The Morgan fingerprint density at radius 3 is 2.43 bits per heavy atom. The molecule has 3 rings (SSSR count). The molecule has 8 nitrogen and oxygen atoms in total. The van der Waals surface area contributed by atoms with Gasteiger partial charge in [0.05, 0.1) is 0 Å². The van der Waals surface area contributed by atoms with Gasteiger partial charge < -0.3 is 10.1 Å². The molecule has 2 aromatic rings. The second kappa shape index (κ2) is 8.98. The van der Waals surface area contributed by atoms with Gasteiger partial charge in [0.1, 0.15) is 11.3 Å². The Bertz CT molecular complexity index is 1080. The number of ether oxygens (including phenoxy) is 1. The number of imide groups is 2. The molecule has 0 saturated carbocycles. The number of urea groups is 1. The minimum absolute atomic E-state index is 0.210. The van der Waals surface area contributed by atoms with E-state index in [1.807, 2.05) is 17.6 Å². The molecule has 0 atom stereocenters. The average Bonchev–Trinajstić information content (AvgIpc) is 2.67. The maximum Gasteiger partial charge on any atom is 0.328 e. The van der Waals surface area contributed by atoms with E-state index in [1.165, 1.54) is 24.3 Å². The zero-order chi connectivity index (χ0) is 21.8. The molecule has 30 heavy (non-hydrogen) atoms. The molecule has 0 aromatic heterocycles. The molecule has 154 valence electrons. The van der Waals surface area contributed by atoms with E-state index in [2.05, 4.69) is 5.32 Å². The molecule has 5 amide bonds. The molecule has 10 heteroatoms. The zero-order valence-corrected chi connectivity index (χ0v) is 17.1. The molecule has 1 saturated heterocycles. The van der Waals surface area contributed by atoms with Gasteiger partial charge in [-0.2, -0.15) is 0 Å². The summed E-state index contributed by atoms with van der Waals surface area (Å²) in [6.07, 6.45) is 1.22. The summed E-state index contributed by atoms with van der Waals surface area (Å²) < 4.78 is 5.53. The van der Waals surface area contributed by atoms with Crippen molar-refractivity contribution in [1.29, 1.82) is 0 Å². The molecule has 1 heterocycles.